The Labute approximate surface area is 115 Å². The van der Waals surface area contributed by atoms with E-state index in [9.17, 15) is 14.4 Å². The molecule has 0 saturated heterocycles. The summed E-state index contributed by atoms with van der Waals surface area (Å²) in [6, 6.07) is 7.53. The van der Waals surface area contributed by atoms with E-state index in [1.807, 2.05) is 6.07 Å². The molecule has 0 bridgehead atoms. The average molecular weight is 281 g/mol. The first-order valence-corrected chi connectivity index (χ1v) is 5.79. The molecule has 1 aromatic rings. The van der Waals surface area contributed by atoms with Gasteiger partial charge in [0.2, 0.25) is 0 Å². The summed E-state index contributed by atoms with van der Waals surface area (Å²) in [6.45, 7) is 0.0111. The van der Waals surface area contributed by atoms with Gasteiger partial charge < -0.3 is 19.9 Å². The highest BCUT2D eigenvalue weighted by Gasteiger charge is 2.24. The van der Waals surface area contributed by atoms with Crippen LogP contribution in [0.15, 0.2) is 30.3 Å². The van der Waals surface area contributed by atoms with Crippen molar-refractivity contribution in [2.45, 2.75) is 19.1 Å². The summed E-state index contributed by atoms with van der Waals surface area (Å²) in [7, 11) is 1.13. The van der Waals surface area contributed by atoms with Crippen molar-refractivity contribution in [1.82, 2.24) is 5.32 Å². The number of carbonyl (C=O) groups is 3. The number of carboxylic acid groups (broad SMARTS) is 1. The fourth-order valence-corrected chi connectivity index (χ4v) is 1.36. The van der Waals surface area contributed by atoms with Gasteiger partial charge in [0.25, 0.3) is 0 Å². The molecule has 0 fully saturated rings. The van der Waals surface area contributed by atoms with Gasteiger partial charge in [0, 0.05) is 0 Å². The van der Waals surface area contributed by atoms with Crippen LogP contribution in [0, 0.1) is 0 Å². The van der Waals surface area contributed by atoms with Gasteiger partial charge in [-0.05, 0) is 5.56 Å². The Kier molecular flexibility index (Phi) is 6.02. The molecule has 0 heterocycles. The summed E-state index contributed by atoms with van der Waals surface area (Å²) in [5.41, 5.74) is 0.766. The maximum atomic E-state index is 11.5. The molecule has 1 rings (SSSR count). The van der Waals surface area contributed by atoms with E-state index in [4.69, 9.17) is 9.84 Å². The summed E-state index contributed by atoms with van der Waals surface area (Å²) >= 11 is 0. The summed E-state index contributed by atoms with van der Waals surface area (Å²) in [4.78, 5) is 33.3. The molecule has 0 radical (unpaired) electrons. The molecule has 0 aliphatic carbocycles. The second-order valence-electron chi connectivity index (χ2n) is 3.88. The maximum Gasteiger partial charge on any atom is 0.408 e. The van der Waals surface area contributed by atoms with Gasteiger partial charge in [-0.15, -0.1) is 0 Å². The van der Waals surface area contributed by atoms with Gasteiger partial charge in [0.1, 0.15) is 12.6 Å². The van der Waals surface area contributed by atoms with Crippen molar-refractivity contribution in [2.24, 2.45) is 0 Å². The number of benzene rings is 1. The van der Waals surface area contributed by atoms with E-state index in [1.165, 1.54) is 0 Å². The lowest BCUT2D eigenvalue weighted by molar-refractivity contribution is -0.147. The Morgan fingerprint density at radius 1 is 1.25 bits per heavy atom. The van der Waals surface area contributed by atoms with Crippen LogP contribution in [0.5, 0.6) is 0 Å². The molecule has 1 atom stereocenters. The van der Waals surface area contributed by atoms with Gasteiger partial charge in [-0.1, -0.05) is 30.3 Å². The summed E-state index contributed by atoms with van der Waals surface area (Å²) in [5.74, 6) is -2.08. The Bertz CT molecular complexity index is 473. The predicted molar refractivity (Wildman–Crippen MR) is 67.8 cm³/mol. The van der Waals surface area contributed by atoms with E-state index in [0.717, 1.165) is 12.7 Å². The molecule has 2 N–H and O–H groups in total. The van der Waals surface area contributed by atoms with Crippen LogP contribution < -0.4 is 5.32 Å². The number of hydrogen-bond acceptors (Lipinski definition) is 5. The molecule has 0 spiro atoms. The van der Waals surface area contributed by atoms with Gasteiger partial charge in [0.15, 0.2) is 0 Å². The van der Waals surface area contributed by atoms with E-state index >= 15 is 0 Å². The van der Waals surface area contributed by atoms with Crippen molar-refractivity contribution < 1.29 is 29.0 Å². The zero-order chi connectivity index (χ0) is 15.0. The number of rotatable bonds is 6. The number of carboxylic acids is 1. The van der Waals surface area contributed by atoms with Gasteiger partial charge in [0.05, 0.1) is 13.5 Å². The van der Waals surface area contributed by atoms with Crippen molar-refractivity contribution in [2.75, 3.05) is 7.11 Å². The quantitative estimate of drug-likeness (QED) is 0.752. The number of methoxy groups -OCH3 is 1. The molecule has 7 heteroatoms. The molecular weight excluding hydrogens is 266 g/mol. The molecule has 20 heavy (non-hydrogen) atoms. The van der Waals surface area contributed by atoms with E-state index in [-0.39, 0.29) is 6.61 Å². The lowest BCUT2D eigenvalue weighted by atomic mass is 10.2. The van der Waals surface area contributed by atoms with Crippen LogP contribution in [-0.2, 0) is 25.7 Å². The molecule has 0 saturated carbocycles. The fraction of sp³-hybridized carbons (Fsp3) is 0.308. The van der Waals surface area contributed by atoms with Crippen LogP contribution >= 0.6 is 0 Å². The highest BCUT2D eigenvalue weighted by atomic mass is 16.5. The summed E-state index contributed by atoms with van der Waals surface area (Å²) in [5, 5.41) is 11.0. The molecule has 108 valence electrons. The monoisotopic (exact) mass is 281 g/mol. The molecular formula is C13H15NO6. The lowest BCUT2D eigenvalue weighted by Crippen LogP contribution is -2.42. The van der Waals surface area contributed by atoms with E-state index < -0.39 is 30.5 Å². The highest BCUT2D eigenvalue weighted by molar-refractivity contribution is 5.85. The number of hydrogen-bond donors (Lipinski definition) is 2. The van der Waals surface area contributed by atoms with Crippen molar-refractivity contribution in [1.29, 1.82) is 0 Å². The second-order valence-corrected chi connectivity index (χ2v) is 3.88. The standard InChI is InChI=1S/C13H15NO6/c1-19-11(15)7-10(12(16)17)14-13(18)20-8-9-5-3-2-4-6-9/h2-6,10H,7-8H2,1H3,(H,14,18)(H,16,17). The largest absolute Gasteiger partial charge is 0.480 e. The first-order valence-electron chi connectivity index (χ1n) is 5.79. The number of carbonyl (C=O) groups excluding carboxylic acids is 2. The van der Waals surface area contributed by atoms with Gasteiger partial charge in [-0.2, -0.15) is 0 Å². The van der Waals surface area contributed by atoms with Crippen molar-refractivity contribution >= 4 is 18.0 Å². The zero-order valence-electron chi connectivity index (χ0n) is 10.9. The maximum absolute atomic E-state index is 11.5. The van der Waals surface area contributed by atoms with Crippen molar-refractivity contribution in [3.8, 4) is 0 Å². The first-order chi connectivity index (χ1) is 9.52. The third-order valence-corrected chi connectivity index (χ3v) is 2.40. The van der Waals surface area contributed by atoms with Crippen LogP contribution in [0.2, 0.25) is 0 Å². The third kappa shape index (κ3) is 5.38. The number of nitrogens with one attached hydrogen (secondary N) is 1. The van der Waals surface area contributed by atoms with Gasteiger partial charge in [-0.25, -0.2) is 9.59 Å². The summed E-state index contributed by atoms with van der Waals surface area (Å²) < 4.78 is 9.21. The molecule has 0 aromatic heterocycles. The smallest absolute Gasteiger partial charge is 0.408 e. The Morgan fingerprint density at radius 2 is 1.90 bits per heavy atom. The minimum atomic E-state index is -1.38. The lowest BCUT2D eigenvalue weighted by Gasteiger charge is -2.13. The van der Waals surface area contributed by atoms with Crippen LogP contribution in [0.3, 0.4) is 0 Å². The Balaban J connectivity index is 2.46. The van der Waals surface area contributed by atoms with Gasteiger partial charge in [-0.3, -0.25) is 4.79 Å². The highest BCUT2D eigenvalue weighted by Crippen LogP contribution is 2.02. The van der Waals surface area contributed by atoms with E-state index in [2.05, 4.69) is 10.1 Å². The Hall–Kier alpha value is -2.57. The summed E-state index contributed by atoms with van der Waals surface area (Å²) in [6.07, 6.45) is -1.38. The molecule has 1 unspecified atom stereocenters. The molecule has 1 amide bonds. The van der Waals surface area contributed by atoms with Gasteiger partial charge >= 0.3 is 18.0 Å². The minimum absolute atomic E-state index is 0.0111. The normalized spacial score (nSPS) is 11.2. The van der Waals surface area contributed by atoms with Crippen molar-refractivity contribution in [3.63, 3.8) is 0 Å². The molecule has 0 aliphatic rings. The predicted octanol–water partition coefficient (Wildman–Crippen LogP) is 0.929. The molecule has 7 nitrogen and oxygen atoms in total. The third-order valence-electron chi connectivity index (χ3n) is 2.40. The molecule has 0 aliphatic heterocycles. The average Bonchev–Trinajstić information content (AvgIpc) is 2.45. The van der Waals surface area contributed by atoms with Crippen molar-refractivity contribution in [3.05, 3.63) is 35.9 Å². The van der Waals surface area contributed by atoms with Crippen LogP contribution in [0.25, 0.3) is 0 Å². The van der Waals surface area contributed by atoms with E-state index in [1.54, 1.807) is 24.3 Å². The van der Waals surface area contributed by atoms with Crippen LogP contribution in [-0.4, -0.2) is 36.3 Å². The van der Waals surface area contributed by atoms with E-state index in [0.29, 0.717) is 0 Å². The fourth-order valence-electron chi connectivity index (χ4n) is 1.36. The number of alkyl carbamates (subject to hydrolysis) is 1. The number of aliphatic carboxylic acids is 1. The topological polar surface area (TPSA) is 102 Å². The number of ether oxygens (including phenoxy) is 2. The zero-order valence-corrected chi connectivity index (χ0v) is 10.9. The van der Waals surface area contributed by atoms with Crippen LogP contribution in [0.1, 0.15) is 12.0 Å². The first kappa shape index (κ1) is 15.5. The Morgan fingerprint density at radius 3 is 2.45 bits per heavy atom. The molecule has 1 aromatic carbocycles. The second kappa shape index (κ2) is 7.78. The SMILES string of the molecule is COC(=O)CC(NC(=O)OCc1ccccc1)C(=O)O. The number of amides is 1. The minimum Gasteiger partial charge on any atom is -0.480 e. The number of esters is 1. The van der Waals surface area contributed by atoms with Crippen LogP contribution in [0.4, 0.5) is 4.79 Å².